The summed E-state index contributed by atoms with van der Waals surface area (Å²) in [5.74, 6) is 0. The van der Waals surface area contributed by atoms with Crippen LogP contribution >= 0.6 is 0 Å². The summed E-state index contributed by atoms with van der Waals surface area (Å²) in [6.07, 6.45) is -0.460. The Balaban J connectivity index is 1.74. The molecule has 1 amide bonds. The Morgan fingerprint density at radius 1 is 1.26 bits per heavy atom. The molecule has 1 atom stereocenters. The number of alkyl halides is 1. The SMILES string of the molecule is O=C(OCCF)N1CCOC(CN2CCOCC2)C1. The van der Waals surface area contributed by atoms with Crippen LogP contribution in [0.15, 0.2) is 0 Å². The molecule has 0 radical (unpaired) electrons. The summed E-state index contributed by atoms with van der Waals surface area (Å²) in [5, 5.41) is 0. The molecule has 2 aliphatic heterocycles. The van der Waals surface area contributed by atoms with Gasteiger partial charge in [-0.1, -0.05) is 0 Å². The van der Waals surface area contributed by atoms with Crippen LogP contribution in [0.25, 0.3) is 0 Å². The Morgan fingerprint density at radius 3 is 2.79 bits per heavy atom. The van der Waals surface area contributed by atoms with Crippen molar-refractivity contribution in [3.8, 4) is 0 Å². The van der Waals surface area contributed by atoms with Gasteiger partial charge in [0, 0.05) is 26.2 Å². The van der Waals surface area contributed by atoms with E-state index in [1.54, 1.807) is 4.90 Å². The van der Waals surface area contributed by atoms with Gasteiger partial charge in [0.15, 0.2) is 0 Å². The highest BCUT2D eigenvalue weighted by molar-refractivity contribution is 5.67. The van der Waals surface area contributed by atoms with Crippen LogP contribution in [0.5, 0.6) is 0 Å². The molecule has 2 saturated heterocycles. The predicted octanol–water partition coefficient (Wildman–Crippen LogP) is 0.126. The minimum Gasteiger partial charge on any atom is -0.447 e. The van der Waals surface area contributed by atoms with Crippen LogP contribution in [0.3, 0.4) is 0 Å². The zero-order valence-electron chi connectivity index (χ0n) is 11.1. The van der Waals surface area contributed by atoms with Gasteiger partial charge in [-0.2, -0.15) is 0 Å². The van der Waals surface area contributed by atoms with Crippen molar-refractivity contribution in [2.45, 2.75) is 6.10 Å². The average Bonchev–Trinajstić information content (AvgIpc) is 2.46. The van der Waals surface area contributed by atoms with Crippen LogP contribution < -0.4 is 0 Å². The van der Waals surface area contributed by atoms with Gasteiger partial charge in [-0.15, -0.1) is 0 Å². The van der Waals surface area contributed by atoms with Gasteiger partial charge in [-0.05, 0) is 0 Å². The summed E-state index contributed by atoms with van der Waals surface area (Å²) in [6.45, 7) is 4.75. The van der Waals surface area contributed by atoms with Crippen molar-refractivity contribution >= 4 is 6.09 Å². The largest absolute Gasteiger partial charge is 0.447 e. The first kappa shape index (κ1) is 14.5. The van der Waals surface area contributed by atoms with E-state index < -0.39 is 12.8 Å². The lowest BCUT2D eigenvalue weighted by molar-refractivity contribution is -0.0544. The van der Waals surface area contributed by atoms with E-state index in [1.807, 2.05) is 0 Å². The van der Waals surface area contributed by atoms with E-state index in [-0.39, 0.29) is 12.7 Å². The third kappa shape index (κ3) is 4.59. The van der Waals surface area contributed by atoms with Crippen molar-refractivity contribution in [3.63, 3.8) is 0 Å². The van der Waals surface area contributed by atoms with Crippen molar-refractivity contribution in [3.05, 3.63) is 0 Å². The summed E-state index contributed by atoms with van der Waals surface area (Å²) in [6, 6.07) is 0. The standard InChI is InChI=1S/C12H21FN2O4/c13-1-5-19-12(16)15-4-8-18-11(10-15)9-14-2-6-17-7-3-14/h11H,1-10H2. The fraction of sp³-hybridized carbons (Fsp3) is 0.917. The fourth-order valence-electron chi connectivity index (χ4n) is 2.28. The Kier molecular flexibility index (Phi) is 5.81. The van der Waals surface area contributed by atoms with Crippen molar-refractivity contribution in [2.75, 3.05) is 65.8 Å². The van der Waals surface area contributed by atoms with E-state index >= 15 is 0 Å². The molecule has 0 aliphatic carbocycles. The smallest absolute Gasteiger partial charge is 0.410 e. The van der Waals surface area contributed by atoms with Crippen LogP contribution in [-0.4, -0.2) is 87.8 Å². The third-order valence-electron chi connectivity index (χ3n) is 3.27. The number of rotatable bonds is 4. The van der Waals surface area contributed by atoms with E-state index in [0.717, 1.165) is 32.8 Å². The first-order valence-corrected chi connectivity index (χ1v) is 6.69. The number of carbonyl (C=O) groups excluding carboxylic acids is 1. The van der Waals surface area contributed by atoms with Crippen LogP contribution in [0.1, 0.15) is 0 Å². The number of hydrogen-bond donors (Lipinski definition) is 0. The molecular weight excluding hydrogens is 255 g/mol. The average molecular weight is 276 g/mol. The Hall–Kier alpha value is -0.920. The molecule has 110 valence electrons. The molecule has 2 heterocycles. The van der Waals surface area contributed by atoms with Crippen molar-refractivity contribution in [1.82, 2.24) is 9.80 Å². The topological polar surface area (TPSA) is 51.2 Å². The third-order valence-corrected chi connectivity index (χ3v) is 3.27. The molecule has 0 N–H and O–H groups in total. The zero-order chi connectivity index (χ0) is 13.5. The molecule has 0 aromatic rings. The number of ether oxygens (including phenoxy) is 3. The highest BCUT2D eigenvalue weighted by Gasteiger charge is 2.27. The molecule has 2 fully saturated rings. The maximum atomic E-state index is 12.0. The van der Waals surface area contributed by atoms with Gasteiger partial charge in [-0.25, -0.2) is 9.18 Å². The molecular formula is C12H21FN2O4. The normalized spacial score (nSPS) is 25.3. The maximum absolute atomic E-state index is 12.0. The number of carbonyl (C=O) groups is 1. The lowest BCUT2D eigenvalue weighted by Gasteiger charge is -2.36. The number of hydrogen-bond acceptors (Lipinski definition) is 5. The molecule has 0 aromatic heterocycles. The second-order valence-corrected chi connectivity index (χ2v) is 4.66. The predicted molar refractivity (Wildman–Crippen MR) is 65.9 cm³/mol. The van der Waals surface area contributed by atoms with Gasteiger partial charge in [0.25, 0.3) is 0 Å². The van der Waals surface area contributed by atoms with Gasteiger partial charge in [-0.3, -0.25) is 4.90 Å². The number of amides is 1. The highest BCUT2D eigenvalue weighted by Crippen LogP contribution is 2.09. The molecule has 0 saturated carbocycles. The van der Waals surface area contributed by atoms with Crippen LogP contribution in [0.4, 0.5) is 9.18 Å². The zero-order valence-corrected chi connectivity index (χ0v) is 11.1. The first-order valence-electron chi connectivity index (χ1n) is 6.69. The molecule has 0 bridgehead atoms. The Labute approximate surface area is 112 Å². The van der Waals surface area contributed by atoms with Crippen LogP contribution in [-0.2, 0) is 14.2 Å². The monoisotopic (exact) mass is 276 g/mol. The van der Waals surface area contributed by atoms with Crippen LogP contribution in [0, 0.1) is 0 Å². The van der Waals surface area contributed by atoms with E-state index in [1.165, 1.54) is 0 Å². The molecule has 2 rings (SSSR count). The number of nitrogens with zero attached hydrogens (tertiary/aromatic N) is 2. The number of morpholine rings is 2. The van der Waals surface area contributed by atoms with E-state index in [0.29, 0.717) is 19.7 Å². The quantitative estimate of drug-likeness (QED) is 0.730. The van der Waals surface area contributed by atoms with Gasteiger partial charge < -0.3 is 19.1 Å². The summed E-state index contributed by atoms with van der Waals surface area (Å²) < 4.78 is 27.7. The number of halogens is 1. The van der Waals surface area contributed by atoms with Gasteiger partial charge >= 0.3 is 6.09 Å². The molecule has 0 spiro atoms. The Bertz CT molecular complexity index is 287. The van der Waals surface area contributed by atoms with Crippen molar-refractivity contribution in [2.24, 2.45) is 0 Å². The Morgan fingerprint density at radius 2 is 2.05 bits per heavy atom. The van der Waals surface area contributed by atoms with Crippen LogP contribution in [0.2, 0.25) is 0 Å². The highest BCUT2D eigenvalue weighted by atomic mass is 19.1. The molecule has 7 heteroatoms. The molecule has 6 nitrogen and oxygen atoms in total. The van der Waals surface area contributed by atoms with Gasteiger partial charge in [0.1, 0.15) is 13.3 Å². The molecule has 2 aliphatic rings. The molecule has 0 aromatic carbocycles. The molecule has 1 unspecified atom stereocenters. The summed E-state index contributed by atoms with van der Waals surface area (Å²) >= 11 is 0. The summed E-state index contributed by atoms with van der Waals surface area (Å²) in [7, 11) is 0. The minimum atomic E-state index is -0.646. The van der Waals surface area contributed by atoms with E-state index in [2.05, 4.69) is 4.90 Å². The fourth-order valence-corrected chi connectivity index (χ4v) is 2.28. The van der Waals surface area contributed by atoms with E-state index in [4.69, 9.17) is 14.2 Å². The van der Waals surface area contributed by atoms with Gasteiger partial charge in [0.05, 0.1) is 32.5 Å². The minimum absolute atomic E-state index is 0.00947. The van der Waals surface area contributed by atoms with Crippen molar-refractivity contribution < 1.29 is 23.4 Å². The lowest BCUT2D eigenvalue weighted by atomic mass is 10.2. The van der Waals surface area contributed by atoms with Gasteiger partial charge in [0.2, 0.25) is 0 Å². The van der Waals surface area contributed by atoms with Crippen molar-refractivity contribution in [1.29, 1.82) is 0 Å². The first-order chi connectivity index (χ1) is 9.29. The second-order valence-electron chi connectivity index (χ2n) is 4.66. The maximum Gasteiger partial charge on any atom is 0.410 e. The van der Waals surface area contributed by atoms with E-state index in [9.17, 15) is 9.18 Å². The summed E-state index contributed by atoms with van der Waals surface area (Å²) in [4.78, 5) is 15.5. The lowest BCUT2D eigenvalue weighted by Crippen LogP contribution is -2.51. The molecule has 19 heavy (non-hydrogen) atoms. The summed E-state index contributed by atoms with van der Waals surface area (Å²) in [5.41, 5.74) is 0. The second kappa shape index (κ2) is 7.62.